The van der Waals surface area contributed by atoms with Crippen molar-refractivity contribution in [1.82, 2.24) is 10.2 Å². The maximum atomic E-state index is 12.2. The number of hydrogen-bond donors (Lipinski definition) is 1. The summed E-state index contributed by atoms with van der Waals surface area (Å²) < 4.78 is 5.46. The van der Waals surface area contributed by atoms with E-state index in [2.05, 4.69) is 5.32 Å². The van der Waals surface area contributed by atoms with Gasteiger partial charge in [-0.1, -0.05) is 0 Å². The lowest BCUT2D eigenvalue weighted by molar-refractivity contribution is -0.145. The van der Waals surface area contributed by atoms with E-state index >= 15 is 0 Å². The van der Waals surface area contributed by atoms with Crippen LogP contribution in [0.5, 0.6) is 0 Å². The summed E-state index contributed by atoms with van der Waals surface area (Å²) in [5, 5.41) is 2.79. The van der Waals surface area contributed by atoms with E-state index in [0.717, 1.165) is 24.4 Å². The van der Waals surface area contributed by atoms with Crippen molar-refractivity contribution in [2.45, 2.75) is 32.4 Å². The van der Waals surface area contributed by atoms with Crippen LogP contribution in [-0.4, -0.2) is 29.3 Å². The molecule has 1 saturated heterocycles. The first-order valence-electron chi connectivity index (χ1n) is 6.27. The van der Waals surface area contributed by atoms with Crippen molar-refractivity contribution >= 4 is 11.8 Å². The van der Waals surface area contributed by atoms with Gasteiger partial charge in [-0.2, -0.15) is 0 Å². The third-order valence-electron chi connectivity index (χ3n) is 3.46. The van der Waals surface area contributed by atoms with Gasteiger partial charge in [0.2, 0.25) is 11.8 Å². The van der Waals surface area contributed by atoms with E-state index in [9.17, 15) is 9.59 Å². The largest absolute Gasteiger partial charge is 0.464 e. The molecule has 18 heavy (non-hydrogen) atoms. The van der Waals surface area contributed by atoms with Crippen molar-refractivity contribution < 1.29 is 14.0 Å². The van der Waals surface area contributed by atoms with Crippen molar-refractivity contribution in [3.63, 3.8) is 0 Å². The van der Waals surface area contributed by atoms with Crippen molar-refractivity contribution in [3.05, 3.63) is 23.7 Å². The Kier molecular flexibility index (Phi) is 2.61. The molecular formula is C13H16N2O3. The number of aryl methyl sites for hydroxylation is 1. The Bertz CT molecular complexity index is 490. The Hall–Kier alpha value is -1.78. The zero-order chi connectivity index (χ0) is 12.7. The van der Waals surface area contributed by atoms with Gasteiger partial charge < -0.3 is 14.6 Å². The van der Waals surface area contributed by atoms with Gasteiger partial charge in [-0.15, -0.1) is 0 Å². The molecule has 1 saturated carbocycles. The van der Waals surface area contributed by atoms with Crippen LogP contribution in [0, 0.1) is 12.8 Å². The number of furan rings is 1. The first-order chi connectivity index (χ1) is 8.63. The van der Waals surface area contributed by atoms with Gasteiger partial charge in [-0.3, -0.25) is 9.59 Å². The summed E-state index contributed by atoms with van der Waals surface area (Å²) in [6, 6.07) is 3.39. The van der Waals surface area contributed by atoms with E-state index in [4.69, 9.17) is 4.42 Å². The van der Waals surface area contributed by atoms with Gasteiger partial charge in [-0.05, 0) is 37.8 Å². The summed E-state index contributed by atoms with van der Waals surface area (Å²) in [5.74, 6) is 1.83. The Morgan fingerprint density at radius 2 is 2.17 bits per heavy atom. The molecule has 0 bridgehead atoms. The van der Waals surface area contributed by atoms with Gasteiger partial charge in [0.15, 0.2) is 0 Å². The van der Waals surface area contributed by atoms with Crippen LogP contribution in [0.3, 0.4) is 0 Å². The maximum Gasteiger partial charge on any atom is 0.246 e. The topological polar surface area (TPSA) is 62.6 Å². The highest BCUT2D eigenvalue weighted by molar-refractivity contribution is 5.95. The summed E-state index contributed by atoms with van der Waals surface area (Å²) in [5.41, 5.74) is 0. The Morgan fingerprint density at radius 3 is 2.78 bits per heavy atom. The molecule has 96 valence electrons. The average molecular weight is 248 g/mol. The molecule has 2 fully saturated rings. The molecule has 1 atom stereocenters. The van der Waals surface area contributed by atoms with Crippen molar-refractivity contribution in [1.29, 1.82) is 0 Å². The molecule has 1 aromatic heterocycles. The molecule has 1 aromatic rings. The highest BCUT2D eigenvalue weighted by Gasteiger charge is 2.42. The van der Waals surface area contributed by atoms with Gasteiger partial charge in [0.25, 0.3) is 0 Å². The summed E-state index contributed by atoms with van der Waals surface area (Å²) >= 11 is 0. The van der Waals surface area contributed by atoms with Crippen LogP contribution in [0.2, 0.25) is 0 Å². The summed E-state index contributed by atoms with van der Waals surface area (Å²) in [6.07, 6.45) is 2.06. The minimum atomic E-state index is -0.317. The molecule has 2 aliphatic rings. The van der Waals surface area contributed by atoms with Crippen molar-refractivity contribution in [2.75, 3.05) is 6.54 Å². The van der Waals surface area contributed by atoms with E-state index in [0.29, 0.717) is 12.5 Å². The highest BCUT2D eigenvalue weighted by Crippen LogP contribution is 2.34. The van der Waals surface area contributed by atoms with E-state index in [1.54, 1.807) is 4.90 Å². The molecule has 1 unspecified atom stereocenters. The smallest absolute Gasteiger partial charge is 0.246 e. The van der Waals surface area contributed by atoms with E-state index in [1.807, 2.05) is 19.1 Å². The van der Waals surface area contributed by atoms with Crippen LogP contribution < -0.4 is 5.32 Å². The molecule has 5 heteroatoms. The fourth-order valence-corrected chi connectivity index (χ4v) is 2.37. The molecule has 0 aromatic carbocycles. The molecule has 0 spiro atoms. The SMILES string of the molecule is Cc1ccc(CN2CC(=O)NC(C3CC3)C2=O)o1. The minimum absolute atomic E-state index is 0.0196. The number of carbonyl (C=O) groups excluding carboxylic acids is 2. The van der Waals surface area contributed by atoms with Crippen LogP contribution >= 0.6 is 0 Å². The first-order valence-corrected chi connectivity index (χ1v) is 6.27. The second-order valence-corrected chi connectivity index (χ2v) is 5.09. The molecule has 3 rings (SSSR count). The first kappa shape index (κ1) is 11.3. The highest BCUT2D eigenvalue weighted by atomic mass is 16.3. The lowest BCUT2D eigenvalue weighted by Gasteiger charge is -2.32. The van der Waals surface area contributed by atoms with E-state index in [-0.39, 0.29) is 24.4 Å². The number of carbonyl (C=O) groups is 2. The quantitative estimate of drug-likeness (QED) is 0.861. The molecular weight excluding hydrogens is 232 g/mol. The van der Waals surface area contributed by atoms with Crippen LogP contribution in [-0.2, 0) is 16.1 Å². The number of piperazine rings is 1. The molecule has 2 amide bonds. The molecule has 1 aliphatic carbocycles. The summed E-state index contributed by atoms with van der Waals surface area (Å²) in [6.45, 7) is 2.37. The molecule has 2 heterocycles. The number of nitrogens with one attached hydrogen (secondary N) is 1. The average Bonchev–Trinajstić information content (AvgIpc) is 3.08. The maximum absolute atomic E-state index is 12.2. The van der Waals surface area contributed by atoms with Gasteiger partial charge in [0.1, 0.15) is 24.1 Å². The third-order valence-corrected chi connectivity index (χ3v) is 3.46. The van der Waals surface area contributed by atoms with E-state index < -0.39 is 0 Å². The van der Waals surface area contributed by atoms with Gasteiger partial charge in [0, 0.05) is 0 Å². The second-order valence-electron chi connectivity index (χ2n) is 5.09. The fourth-order valence-electron chi connectivity index (χ4n) is 2.37. The summed E-state index contributed by atoms with van der Waals surface area (Å²) in [4.78, 5) is 25.4. The second kappa shape index (κ2) is 4.15. The lowest BCUT2D eigenvalue weighted by Crippen LogP contribution is -2.58. The van der Waals surface area contributed by atoms with Crippen LogP contribution in [0.15, 0.2) is 16.5 Å². The number of nitrogens with zero attached hydrogens (tertiary/aromatic N) is 1. The third kappa shape index (κ3) is 2.12. The predicted molar refractivity (Wildman–Crippen MR) is 63.5 cm³/mol. The molecule has 1 N–H and O–H groups in total. The Morgan fingerprint density at radius 1 is 1.39 bits per heavy atom. The monoisotopic (exact) mass is 248 g/mol. The Labute approximate surface area is 105 Å². The van der Waals surface area contributed by atoms with Crippen molar-refractivity contribution in [2.24, 2.45) is 5.92 Å². The molecule has 1 aliphatic heterocycles. The predicted octanol–water partition coefficient (Wildman–Crippen LogP) is 0.825. The fraction of sp³-hybridized carbons (Fsp3) is 0.538. The number of rotatable bonds is 3. The summed E-state index contributed by atoms with van der Waals surface area (Å²) in [7, 11) is 0. The lowest BCUT2D eigenvalue weighted by atomic mass is 10.1. The standard InChI is InChI=1S/C13H16N2O3/c1-8-2-5-10(18-8)6-15-7-11(16)14-12(13(15)17)9-3-4-9/h2,5,9,12H,3-4,6-7H2,1H3,(H,14,16). The van der Waals surface area contributed by atoms with Crippen LogP contribution in [0.4, 0.5) is 0 Å². The normalized spacial score (nSPS) is 24.3. The van der Waals surface area contributed by atoms with Crippen LogP contribution in [0.25, 0.3) is 0 Å². The van der Waals surface area contributed by atoms with Gasteiger partial charge >= 0.3 is 0 Å². The minimum Gasteiger partial charge on any atom is -0.464 e. The zero-order valence-corrected chi connectivity index (χ0v) is 10.3. The van der Waals surface area contributed by atoms with Gasteiger partial charge in [-0.25, -0.2) is 0 Å². The number of amides is 2. The molecule has 5 nitrogen and oxygen atoms in total. The van der Waals surface area contributed by atoms with E-state index in [1.165, 1.54) is 0 Å². The zero-order valence-electron chi connectivity index (χ0n) is 10.3. The molecule has 0 radical (unpaired) electrons. The Balaban J connectivity index is 1.73. The van der Waals surface area contributed by atoms with Crippen molar-refractivity contribution in [3.8, 4) is 0 Å². The van der Waals surface area contributed by atoms with Gasteiger partial charge in [0.05, 0.1) is 6.54 Å². The van der Waals surface area contributed by atoms with Crippen LogP contribution in [0.1, 0.15) is 24.4 Å². The number of hydrogen-bond acceptors (Lipinski definition) is 3.